The maximum atomic E-state index is 5.90. The number of benzene rings is 1. The van der Waals surface area contributed by atoms with E-state index in [1.165, 1.54) is 0 Å². The average Bonchev–Trinajstić information content (AvgIpc) is 2.37. The lowest BCUT2D eigenvalue weighted by atomic mass is 9.91. The molecule has 0 spiro atoms. The second-order valence-corrected chi connectivity index (χ2v) is 5.74. The highest BCUT2D eigenvalue weighted by molar-refractivity contribution is 5.78. The van der Waals surface area contributed by atoms with Gasteiger partial charge in [0.05, 0.1) is 5.52 Å². The molecule has 0 bridgehead atoms. The highest BCUT2D eigenvalue weighted by Gasteiger charge is 2.24. The highest BCUT2D eigenvalue weighted by Crippen LogP contribution is 2.20. The van der Waals surface area contributed by atoms with Crippen molar-refractivity contribution in [2.75, 3.05) is 11.9 Å². The number of nitrogens with two attached hydrogens (primary N) is 1. The van der Waals surface area contributed by atoms with Crippen LogP contribution in [0.3, 0.4) is 0 Å². The summed E-state index contributed by atoms with van der Waals surface area (Å²) < 4.78 is 0. The number of para-hydroxylation sites is 1. The molecule has 0 aliphatic rings. The Bertz CT molecular complexity index is 553. The van der Waals surface area contributed by atoms with Gasteiger partial charge >= 0.3 is 0 Å². The molecule has 1 unspecified atom stereocenters. The summed E-state index contributed by atoms with van der Waals surface area (Å²) in [6.45, 7) is 7.06. The first-order valence-electron chi connectivity index (χ1n) is 6.72. The van der Waals surface area contributed by atoms with Crippen molar-refractivity contribution < 1.29 is 0 Å². The Balaban J connectivity index is 2.24. The van der Waals surface area contributed by atoms with Crippen molar-refractivity contribution in [2.24, 2.45) is 11.7 Å². The summed E-state index contributed by atoms with van der Waals surface area (Å²) in [4.78, 5) is 8.91. The minimum atomic E-state index is -0.170. The number of aromatic nitrogens is 2. The second kappa shape index (κ2) is 5.53. The molecule has 102 valence electrons. The number of nitrogens with one attached hydrogen (secondary N) is 1. The zero-order valence-corrected chi connectivity index (χ0v) is 11.9. The van der Waals surface area contributed by atoms with E-state index in [-0.39, 0.29) is 5.54 Å². The fourth-order valence-corrected chi connectivity index (χ4v) is 2.39. The van der Waals surface area contributed by atoms with E-state index < -0.39 is 0 Å². The molecule has 0 aliphatic heterocycles. The van der Waals surface area contributed by atoms with Crippen LogP contribution in [0.2, 0.25) is 0 Å². The van der Waals surface area contributed by atoms with Crippen LogP contribution in [0.25, 0.3) is 10.9 Å². The van der Waals surface area contributed by atoms with Crippen molar-refractivity contribution in [2.45, 2.75) is 32.7 Å². The van der Waals surface area contributed by atoms with E-state index >= 15 is 0 Å². The van der Waals surface area contributed by atoms with Gasteiger partial charge in [0.2, 0.25) is 5.95 Å². The molecule has 2 aromatic rings. The summed E-state index contributed by atoms with van der Waals surface area (Å²) in [5.41, 5.74) is 6.68. The summed E-state index contributed by atoms with van der Waals surface area (Å²) in [6.07, 6.45) is 2.83. The molecule has 0 saturated heterocycles. The first kappa shape index (κ1) is 13.7. The molecule has 3 N–H and O–H groups in total. The minimum Gasteiger partial charge on any atom is -0.348 e. The Labute approximate surface area is 114 Å². The van der Waals surface area contributed by atoms with E-state index in [0.29, 0.717) is 18.4 Å². The van der Waals surface area contributed by atoms with Crippen molar-refractivity contribution in [3.63, 3.8) is 0 Å². The predicted molar refractivity (Wildman–Crippen MR) is 80.1 cm³/mol. The quantitative estimate of drug-likeness (QED) is 0.865. The normalized spacial score (nSPS) is 14.6. The smallest absolute Gasteiger partial charge is 0.223 e. The summed E-state index contributed by atoms with van der Waals surface area (Å²) >= 11 is 0. The third-order valence-electron chi connectivity index (χ3n) is 3.21. The molecular weight excluding hydrogens is 236 g/mol. The topological polar surface area (TPSA) is 63.8 Å². The van der Waals surface area contributed by atoms with Crippen LogP contribution < -0.4 is 11.1 Å². The fraction of sp³-hybridized carbons (Fsp3) is 0.467. The first-order valence-corrected chi connectivity index (χ1v) is 6.72. The van der Waals surface area contributed by atoms with Crippen LogP contribution in [0, 0.1) is 5.92 Å². The molecule has 1 atom stereocenters. The Morgan fingerprint density at radius 1 is 1.32 bits per heavy atom. The molecule has 4 heteroatoms. The largest absolute Gasteiger partial charge is 0.348 e. The molecule has 0 amide bonds. The van der Waals surface area contributed by atoms with E-state index in [9.17, 15) is 0 Å². The Morgan fingerprint density at radius 2 is 2.05 bits per heavy atom. The fourth-order valence-electron chi connectivity index (χ4n) is 2.39. The van der Waals surface area contributed by atoms with Gasteiger partial charge in [-0.05, 0) is 25.3 Å². The van der Waals surface area contributed by atoms with E-state index in [1.54, 1.807) is 0 Å². The Kier molecular flexibility index (Phi) is 4.00. The number of fused-ring (bicyclic) bond motifs is 1. The highest BCUT2D eigenvalue weighted by atomic mass is 15.1. The van der Waals surface area contributed by atoms with Crippen molar-refractivity contribution >= 4 is 16.9 Å². The lowest BCUT2D eigenvalue weighted by molar-refractivity contribution is 0.405. The molecule has 2 rings (SSSR count). The van der Waals surface area contributed by atoms with Gasteiger partial charge in [-0.3, -0.25) is 0 Å². The van der Waals surface area contributed by atoms with Crippen LogP contribution in [0.5, 0.6) is 0 Å². The first-order chi connectivity index (χ1) is 9.02. The third kappa shape index (κ3) is 3.41. The Hall–Kier alpha value is -1.68. The van der Waals surface area contributed by atoms with E-state index in [0.717, 1.165) is 17.3 Å². The molecule has 0 fully saturated rings. The summed E-state index contributed by atoms with van der Waals surface area (Å²) in [5, 5.41) is 4.43. The number of anilines is 1. The van der Waals surface area contributed by atoms with Gasteiger partial charge in [0.25, 0.3) is 0 Å². The predicted octanol–water partition coefficient (Wildman–Crippen LogP) is 2.81. The summed E-state index contributed by atoms with van der Waals surface area (Å²) in [6, 6.07) is 7.97. The number of hydrogen-bond donors (Lipinski definition) is 2. The zero-order valence-electron chi connectivity index (χ0n) is 11.9. The summed E-state index contributed by atoms with van der Waals surface area (Å²) in [5.74, 6) is 1.22. The van der Waals surface area contributed by atoms with Crippen molar-refractivity contribution in [1.82, 2.24) is 9.97 Å². The molecular formula is C15H22N4. The van der Waals surface area contributed by atoms with Crippen LogP contribution in [0.15, 0.2) is 30.5 Å². The zero-order chi connectivity index (χ0) is 13.9. The van der Waals surface area contributed by atoms with Crippen LogP contribution in [-0.4, -0.2) is 22.1 Å². The molecule has 0 aliphatic carbocycles. The lowest BCUT2D eigenvalue weighted by Gasteiger charge is -2.31. The minimum absolute atomic E-state index is 0.170. The van der Waals surface area contributed by atoms with Crippen molar-refractivity contribution in [3.05, 3.63) is 30.5 Å². The maximum absolute atomic E-state index is 5.90. The van der Waals surface area contributed by atoms with Crippen LogP contribution in [0.4, 0.5) is 5.95 Å². The van der Waals surface area contributed by atoms with Gasteiger partial charge in [-0.15, -0.1) is 0 Å². The number of nitrogens with zero attached hydrogens (tertiary/aromatic N) is 2. The second-order valence-electron chi connectivity index (χ2n) is 5.74. The van der Waals surface area contributed by atoms with Crippen molar-refractivity contribution in [1.29, 1.82) is 0 Å². The van der Waals surface area contributed by atoms with E-state index in [1.807, 2.05) is 30.5 Å². The SMILES string of the molecule is CC(C)CC(C)(CN)Nc1ncc2ccccc2n1. The third-order valence-corrected chi connectivity index (χ3v) is 3.21. The molecule has 19 heavy (non-hydrogen) atoms. The van der Waals surface area contributed by atoms with Gasteiger partial charge < -0.3 is 11.1 Å². The van der Waals surface area contributed by atoms with Crippen molar-refractivity contribution in [3.8, 4) is 0 Å². The molecule has 0 radical (unpaired) electrons. The molecule has 1 aromatic carbocycles. The lowest BCUT2D eigenvalue weighted by Crippen LogP contribution is -2.44. The molecule has 1 aromatic heterocycles. The standard InChI is InChI=1S/C15H22N4/c1-11(2)8-15(3,10-16)19-14-17-9-12-6-4-5-7-13(12)18-14/h4-7,9,11H,8,10,16H2,1-3H3,(H,17,18,19). The van der Waals surface area contributed by atoms with Gasteiger partial charge in [0.15, 0.2) is 0 Å². The number of hydrogen-bond acceptors (Lipinski definition) is 4. The monoisotopic (exact) mass is 258 g/mol. The molecule has 4 nitrogen and oxygen atoms in total. The van der Waals surface area contributed by atoms with Crippen LogP contribution >= 0.6 is 0 Å². The molecule has 1 heterocycles. The summed E-state index contributed by atoms with van der Waals surface area (Å²) in [7, 11) is 0. The van der Waals surface area contributed by atoms with Gasteiger partial charge in [-0.2, -0.15) is 0 Å². The average molecular weight is 258 g/mol. The maximum Gasteiger partial charge on any atom is 0.223 e. The molecule has 0 saturated carbocycles. The van der Waals surface area contributed by atoms with Gasteiger partial charge in [0, 0.05) is 23.7 Å². The van der Waals surface area contributed by atoms with Gasteiger partial charge in [-0.1, -0.05) is 32.0 Å². The van der Waals surface area contributed by atoms with E-state index in [4.69, 9.17) is 5.73 Å². The van der Waals surface area contributed by atoms with Crippen LogP contribution in [0.1, 0.15) is 27.2 Å². The van der Waals surface area contributed by atoms with Crippen LogP contribution in [-0.2, 0) is 0 Å². The van der Waals surface area contributed by atoms with Gasteiger partial charge in [0.1, 0.15) is 0 Å². The van der Waals surface area contributed by atoms with Gasteiger partial charge in [-0.25, -0.2) is 9.97 Å². The number of rotatable bonds is 5. The Morgan fingerprint density at radius 3 is 2.74 bits per heavy atom. The van der Waals surface area contributed by atoms with E-state index in [2.05, 4.69) is 36.1 Å².